The van der Waals surface area contributed by atoms with Crippen LogP contribution in [0.2, 0.25) is 0 Å². The van der Waals surface area contributed by atoms with Crippen LogP contribution in [0.3, 0.4) is 0 Å². The zero-order valence-electron chi connectivity index (χ0n) is 31.2. The van der Waals surface area contributed by atoms with Crippen molar-refractivity contribution >= 4 is 18.0 Å². The van der Waals surface area contributed by atoms with Gasteiger partial charge < -0.3 is 29.7 Å². The van der Waals surface area contributed by atoms with E-state index in [0.717, 1.165) is 46.0 Å². The average molecular weight is 750 g/mol. The summed E-state index contributed by atoms with van der Waals surface area (Å²) in [6.07, 6.45) is -0.910. The molecule has 1 heterocycles. The van der Waals surface area contributed by atoms with Crippen molar-refractivity contribution in [1.29, 1.82) is 0 Å². The SMILES string of the molecule is C[C@H](O)C(=O)N(CC[C@H](NC(=O)OCC1c2ccccc2-c2ccccc21)C(=O)O)[C@@H](c1cc(-c2cc(F)ccc2F)cn1Cc1ccccc1)C(C)(C)C. The van der Waals surface area contributed by atoms with E-state index in [0.29, 0.717) is 17.8 Å². The topological polar surface area (TPSA) is 121 Å². The smallest absolute Gasteiger partial charge is 0.407 e. The number of benzene rings is 4. The largest absolute Gasteiger partial charge is 0.480 e. The first kappa shape index (κ1) is 38.9. The van der Waals surface area contributed by atoms with Crippen LogP contribution in [0.1, 0.15) is 68.5 Å². The Morgan fingerprint density at radius 1 is 0.873 bits per heavy atom. The molecule has 0 radical (unpaired) electrons. The van der Waals surface area contributed by atoms with Crippen molar-refractivity contribution in [3.05, 3.63) is 143 Å². The van der Waals surface area contributed by atoms with Gasteiger partial charge in [0.25, 0.3) is 5.91 Å². The van der Waals surface area contributed by atoms with E-state index in [1.165, 1.54) is 11.8 Å². The van der Waals surface area contributed by atoms with E-state index in [2.05, 4.69) is 5.32 Å². The van der Waals surface area contributed by atoms with Gasteiger partial charge in [-0.05, 0) is 70.8 Å². The Labute approximate surface area is 319 Å². The zero-order valence-corrected chi connectivity index (χ0v) is 31.2. The molecule has 1 aromatic heterocycles. The Kier molecular flexibility index (Phi) is 11.5. The molecule has 11 heteroatoms. The molecule has 3 atom stereocenters. The molecular weight excluding hydrogens is 704 g/mol. The number of alkyl carbamates (subject to hydrolysis) is 1. The van der Waals surface area contributed by atoms with E-state index in [1.54, 1.807) is 12.3 Å². The van der Waals surface area contributed by atoms with Crippen LogP contribution in [-0.2, 0) is 20.9 Å². The lowest BCUT2D eigenvalue weighted by Gasteiger charge is -2.42. The van der Waals surface area contributed by atoms with Crippen LogP contribution in [0.5, 0.6) is 0 Å². The van der Waals surface area contributed by atoms with Crippen LogP contribution in [0.15, 0.2) is 109 Å². The summed E-state index contributed by atoms with van der Waals surface area (Å²) >= 11 is 0. The van der Waals surface area contributed by atoms with Gasteiger partial charge in [-0.3, -0.25) is 4.79 Å². The minimum Gasteiger partial charge on any atom is -0.480 e. The van der Waals surface area contributed by atoms with Gasteiger partial charge in [-0.1, -0.05) is 99.6 Å². The molecule has 4 aromatic carbocycles. The summed E-state index contributed by atoms with van der Waals surface area (Å²) in [5.41, 5.74) is 5.26. The highest BCUT2D eigenvalue weighted by Crippen LogP contribution is 2.45. The summed E-state index contributed by atoms with van der Waals surface area (Å²) in [6, 6.07) is 27.9. The molecule has 2 amide bonds. The maximum atomic E-state index is 15.1. The molecule has 0 saturated carbocycles. The monoisotopic (exact) mass is 749 g/mol. The average Bonchev–Trinajstić information content (AvgIpc) is 3.70. The van der Waals surface area contributed by atoms with Crippen LogP contribution < -0.4 is 5.32 Å². The number of carbonyl (C=O) groups is 3. The van der Waals surface area contributed by atoms with Crippen molar-refractivity contribution in [1.82, 2.24) is 14.8 Å². The van der Waals surface area contributed by atoms with Crippen LogP contribution in [-0.4, -0.2) is 62.9 Å². The molecule has 0 spiro atoms. The molecule has 0 aliphatic heterocycles. The van der Waals surface area contributed by atoms with Crippen LogP contribution in [0.25, 0.3) is 22.3 Å². The van der Waals surface area contributed by atoms with Gasteiger partial charge in [0, 0.05) is 42.0 Å². The number of carboxylic acids is 1. The van der Waals surface area contributed by atoms with Crippen LogP contribution in [0, 0.1) is 17.0 Å². The molecule has 0 saturated heterocycles. The van der Waals surface area contributed by atoms with Crippen molar-refractivity contribution in [2.24, 2.45) is 5.41 Å². The minimum atomic E-state index is -1.46. The molecule has 0 unspecified atom stereocenters. The van der Waals surface area contributed by atoms with Gasteiger partial charge in [0.1, 0.15) is 30.4 Å². The third-order valence-electron chi connectivity index (χ3n) is 10.0. The third-order valence-corrected chi connectivity index (χ3v) is 10.0. The van der Waals surface area contributed by atoms with E-state index < -0.39 is 53.2 Å². The number of aliphatic carboxylic acids is 1. The second kappa shape index (κ2) is 16.3. The van der Waals surface area contributed by atoms with E-state index >= 15 is 4.39 Å². The number of aliphatic hydroxyl groups is 1. The summed E-state index contributed by atoms with van der Waals surface area (Å²) < 4.78 is 37.0. The lowest BCUT2D eigenvalue weighted by Crippen LogP contribution is -2.49. The van der Waals surface area contributed by atoms with E-state index in [-0.39, 0.29) is 31.1 Å². The number of nitrogens with one attached hydrogen (secondary N) is 1. The Bertz CT molecular complexity index is 2130. The summed E-state index contributed by atoms with van der Waals surface area (Å²) in [6.45, 7) is 7.13. The molecule has 55 heavy (non-hydrogen) atoms. The fourth-order valence-electron chi connectivity index (χ4n) is 7.53. The molecule has 1 aliphatic carbocycles. The van der Waals surface area contributed by atoms with Crippen molar-refractivity contribution in [2.75, 3.05) is 13.2 Å². The first-order valence-corrected chi connectivity index (χ1v) is 18.2. The van der Waals surface area contributed by atoms with Crippen LogP contribution >= 0.6 is 0 Å². The highest BCUT2D eigenvalue weighted by atomic mass is 19.1. The molecule has 1 aliphatic rings. The molecule has 9 nitrogen and oxygen atoms in total. The van der Waals surface area contributed by atoms with Gasteiger partial charge in [0.05, 0.1) is 6.04 Å². The zero-order chi connectivity index (χ0) is 39.4. The Hall–Kier alpha value is -5.81. The summed E-state index contributed by atoms with van der Waals surface area (Å²) in [5.74, 6) is -3.47. The molecule has 6 rings (SSSR count). The van der Waals surface area contributed by atoms with E-state index in [1.807, 2.05) is 104 Å². The number of carboxylic acid groups (broad SMARTS) is 1. The van der Waals surface area contributed by atoms with Crippen molar-refractivity contribution < 1.29 is 38.1 Å². The fourth-order valence-corrected chi connectivity index (χ4v) is 7.53. The van der Waals surface area contributed by atoms with Gasteiger partial charge in [-0.25, -0.2) is 18.4 Å². The predicted molar refractivity (Wildman–Crippen MR) is 205 cm³/mol. The lowest BCUT2D eigenvalue weighted by atomic mass is 9.82. The second-order valence-corrected chi connectivity index (χ2v) is 15.0. The summed E-state index contributed by atoms with van der Waals surface area (Å²) in [5, 5.41) is 23.3. The molecule has 0 bridgehead atoms. The van der Waals surface area contributed by atoms with Crippen LogP contribution in [0.4, 0.5) is 13.6 Å². The molecule has 5 aromatic rings. The number of fused-ring (bicyclic) bond motifs is 3. The number of nitrogens with zero attached hydrogens (tertiary/aromatic N) is 2. The maximum absolute atomic E-state index is 15.1. The Morgan fingerprint density at radius 2 is 1.49 bits per heavy atom. The maximum Gasteiger partial charge on any atom is 0.407 e. The van der Waals surface area contributed by atoms with Gasteiger partial charge >= 0.3 is 12.1 Å². The summed E-state index contributed by atoms with van der Waals surface area (Å²) in [4.78, 5) is 41.0. The number of aromatic nitrogens is 1. The highest BCUT2D eigenvalue weighted by molar-refractivity contribution is 5.82. The predicted octanol–water partition coefficient (Wildman–Crippen LogP) is 8.16. The number of ether oxygens (including phenoxy) is 1. The minimum absolute atomic E-state index is 0.0163. The third kappa shape index (κ3) is 8.62. The number of aliphatic hydroxyl groups excluding tert-OH is 1. The molecule has 3 N–H and O–H groups in total. The van der Waals surface area contributed by atoms with Crippen molar-refractivity contribution in [3.63, 3.8) is 0 Å². The Morgan fingerprint density at radius 3 is 2.09 bits per heavy atom. The quantitative estimate of drug-likeness (QED) is 0.112. The first-order valence-electron chi connectivity index (χ1n) is 18.2. The number of rotatable bonds is 13. The standard InChI is InChI=1S/C44H45F2N3O6/c1-27(50)41(51)49(21-20-38(42(52)53)47-43(54)55-26-36-33-16-10-8-14-31(33)32-15-9-11-17-34(32)36)40(44(2,3)4)39-22-29(35-23-30(45)18-19-37(35)46)25-48(39)24-28-12-6-5-7-13-28/h5-19,22-23,25,27,36,38,40,50H,20-21,24,26H2,1-4H3,(H,47,54)(H,52,53)/t27-,38-,40-/m0/s1. The fraction of sp³-hybridized carbons (Fsp3) is 0.295. The normalized spacial score (nSPS) is 14.0. The van der Waals surface area contributed by atoms with E-state index in [9.17, 15) is 29.0 Å². The number of carbonyl (C=O) groups excluding carboxylic acids is 2. The van der Waals surface area contributed by atoms with Gasteiger partial charge in [0.15, 0.2) is 0 Å². The van der Waals surface area contributed by atoms with Crippen molar-refractivity contribution in [3.8, 4) is 22.3 Å². The number of amides is 2. The summed E-state index contributed by atoms with van der Waals surface area (Å²) in [7, 11) is 0. The molecule has 286 valence electrons. The van der Waals surface area contributed by atoms with Crippen molar-refractivity contribution in [2.45, 2.75) is 64.8 Å². The molecular formula is C44H45F2N3O6. The number of hydrogen-bond acceptors (Lipinski definition) is 5. The number of hydrogen-bond donors (Lipinski definition) is 3. The van der Waals surface area contributed by atoms with E-state index in [4.69, 9.17) is 4.74 Å². The number of halogens is 2. The molecule has 0 fully saturated rings. The Balaban J connectivity index is 1.27. The van der Waals surface area contributed by atoms with Gasteiger partial charge in [-0.2, -0.15) is 0 Å². The second-order valence-electron chi connectivity index (χ2n) is 15.0. The van der Waals surface area contributed by atoms with Gasteiger partial charge in [-0.15, -0.1) is 0 Å². The first-order chi connectivity index (χ1) is 26.2. The van der Waals surface area contributed by atoms with Gasteiger partial charge in [0.2, 0.25) is 0 Å². The highest BCUT2D eigenvalue weighted by Gasteiger charge is 2.39. The lowest BCUT2D eigenvalue weighted by molar-refractivity contribution is -0.146.